The Balaban J connectivity index is 2.15. The van der Waals surface area contributed by atoms with Crippen LogP contribution in [0.2, 0.25) is 0 Å². The molecular weight excluding hydrogens is 326 g/mol. The average molecular weight is 345 g/mol. The first kappa shape index (κ1) is 16.1. The van der Waals surface area contributed by atoms with Crippen LogP contribution in [0.25, 0.3) is 0 Å². The SMILES string of the molecule is C/C=C(\C)C1Sc2ccccc2N1S(=O)(=O)c1ccc(C)cc1. The van der Waals surface area contributed by atoms with Gasteiger partial charge in [0.15, 0.2) is 0 Å². The predicted octanol–water partition coefficient (Wildman–Crippen LogP) is 4.59. The van der Waals surface area contributed by atoms with E-state index >= 15 is 0 Å². The van der Waals surface area contributed by atoms with E-state index < -0.39 is 10.0 Å². The van der Waals surface area contributed by atoms with Crippen LogP contribution in [-0.4, -0.2) is 13.8 Å². The molecule has 0 saturated heterocycles. The smallest absolute Gasteiger partial charge is 0.248 e. The van der Waals surface area contributed by atoms with E-state index in [1.54, 1.807) is 28.2 Å². The minimum Gasteiger partial charge on any atom is -0.248 e. The van der Waals surface area contributed by atoms with Crippen molar-refractivity contribution in [2.24, 2.45) is 0 Å². The molecule has 0 bridgehead atoms. The van der Waals surface area contributed by atoms with Gasteiger partial charge in [-0.2, -0.15) is 0 Å². The van der Waals surface area contributed by atoms with Crippen molar-refractivity contribution < 1.29 is 8.42 Å². The largest absolute Gasteiger partial charge is 0.265 e. The normalized spacial score (nSPS) is 18.1. The second-order valence-corrected chi connectivity index (χ2v) is 8.52. The lowest BCUT2D eigenvalue weighted by Crippen LogP contribution is -2.36. The van der Waals surface area contributed by atoms with E-state index in [1.807, 2.05) is 63.2 Å². The lowest BCUT2D eigenvalue weighted by atomic mass is 10.2. The molecule has 0 fully saturated rings. The monoisotopic (exact) mass is 345 g/mol. The van der Waals surface area contributed by atoms with E-state index in [9.17, 15) is 8.42 Å². The lowest BCUT2D eigenvalue weighted by molar-refractivity contribution is 0.591. The summed E-state index contributed by atoms with van der Waals surface area (Å²) >= 11 is 1.58. The molecule has 1 aliphatic rings. The Labute approximate surface area is 142 Å². The second-order valence-electron chi connectivity index (χ2n) is 5.58. The molecule has 3 rings (SSSR count). The van der Waals surface area contributed by atoms with Gasteiger partial charge >= 0.3 is 0 Å². The van der Waals surface area contributed by atoms with E-state index in [1.165, 1.54) is 0 Å². The molecule has 1 heterocycles. The van der Waals surface area contributed by atoms with Gasteiger partial charge in [0.05, 0.1) is 10.6 Å². The highest BCUT2D eigenvalue weighted by Gasteiger charge is 2.39. The quantitative estimate of drug-likeness (QED) is 0.764. The Hall–Kier alpha value is -1.72. The molecule has 0 aliphatic carbocycles. The number of hydrogen-bond donors (Lipinski definition) is 0. The summed E-state index contributed by atoms with van der Waals surface area (Å²) in [5.41, 5.74) is 2.83. The minimum atomic E-state index is -3.60. The van der Waals surface area contributed by atoms with Gasteiger partial charge in [-0.05, 0) is 50.6 Å². The number of anilines is 1. The third kappa shape index (κ3) is 2.79. The van der Waals surface area contributed by atoms with Gasteiger partial charge in [-0.3, -0.25) is 0 Å². The first-order valence-electron chi connectivity index (χ1n) is 7.45. The van der Waals surface area contributed by atoms with Crippen molar-refractivity contribution >= 4 is 27.5 Å². The second kappa shape index (κ2) is 6.06. The molecule has 5 heteroatoms. The maximum absolute atomic E-state index is 13.2. The highest BCUT2D eigenvalue weighted by Crippen LogP contribution is 2.48. The minimum absolute atomic E-state index is 0.233. The van der Waals surface area contributed by atoms with Crippen LogP contribution in [0.3, 0.4) is 0 Å². The summed E-state index contributed by atoms with van der Waals surface area (Å²) in [6.45, 7) is 5.86. The molecule has 0 aromatic heterocycles. The average Bonchev–Trinajstić information content (AvgIpc) is 2.94. The van der Waals surface area contributed by atoms with Gasteiger partial charge < -0.3 is 0 Å². The zero-order chi connectivity index (χ0) is 16.6. The molecule has 1 unspecified atom stereocenters. The molecule has 0 N–H and O–H groups in total. The molecule has 2 aromatic carbocycles. The van der Waals surface area contributed by atoms with Crippen LogP contribution in [0.4, 0.5) is 5.69 Å². The first-order valence-corrected chi connectivity index (χ1v) is 9.76. The number of thioether (sulfide) groups is 1. The molecule has 120 valence electrons. The summed E-state index contributed by atoms with van der Waals surface area (Å²) < 4.78 is 28.0. The summed E-state index contributed by atoms with van der Waals surface area (Å²) in [6, 6.07) is 14.7. The Kier molecular flexibility index (Phi) is 4.25. The number of hydrogen-bond acceptors (Lipinski definition) is 3. The van der Waals surface area contributed by atoms with E-state index in [2.05, 4.69) is 0 Å². The van der Waals surface area contributed by atoms with E-state index in [-0.39, 0.29) is 5.37 Å². The zero-order valence-electron chi connectivity index (χ0n) is 13.4. The molecule has 0 spiro atoms. The predicted molar refractivity (Wildman–Crippen MR) is 96.4 cm³/mol. The number of sulfonamides is 1. The summed E-state index contributed by atoms with van der Waals surface area (Å²) in [5, 5.41) is -0.233. The van der Waals surface area contributed by atoms with Crippen molar-refractivity contribution in [3.05, 3.63) is 65.7 Å². The van der Waals surface area contributed by atoms with Crippen molar-refractivity contribution in [3.63, 3.8) is 0 Å². The number of aryl methyl sites for hydroxylation is 1. The van der Waals surface area contributed by atoms with Crippen LogP contribution in [0.5, 0.6) is 0 Å². The fourth-order valence-corrected chi connectivity index (χ4v) is 5.82. The maximum atomic E-state index is 13.2. The fraction of sp³-hybridized carbons (Fsp3) is 0.222. The summed E-state index contributed by atoms with van der Waals surface area (Å²) in [4.78, 5) is 1.32. The van der Waals surface area contributed by atoms with Crippen molar-refractivity contribution in [2.75, 3.05) is 4.31 Å². The molecule has 0 amide bonds. The number of rotatable bonds is 3. The van der Waals surface area contributed by atoms with Crippen molar-refractivity contribution in [1.82, 2.24) is 0 Å². The number of para-hydroxylation sites is 1. The topological polar surface area (TPSA) is 37.4 Å². The van der Waals surface area contributed by atoms with Gasteiger partial charge in [-0.15, -0.1) is 0 Å². The van der Waals surface area contributed by atoms with Crippen molar-refractivity contribution in [3.8, 4) is 0 Å². The Morgan fingerprint density at radius 1 is 1.13 bits per heavy atom. The Morgan fingerprint density at radius 2 is 1.78 bits per heavy atom. The fourth-order valence-electron chi connectivity index (χ4n) is 2.53. The van der Waals surface area contributed by atoms with Crippen molar-refractivity contribution in [2.45, 2.75) is 35.9 Å². The van der Waals surface area contributed by atoms with Gasteiger partial charge in [-0.25, -0.2) is 12.7 Å². The Morgan fingerprint density at radius 3 is 2.43 bits per heavy atom. The molecular formula is C18H19NO2S2. The van der Waals surface area contributed by atoms with Crippen LogP contribution >= 0.6 is 11.8 Å². The number of fused-ring (bicyclic) bond motifs is 1. The van der Waals surface area contributed by atoms with Crippen LogP contribution < -0.4 is 4.31 Å². The van der Waals surface area contributed by atoms with Gasteiger partial charge in [-0.1, -0.05) is 47.7 Å². The van der Waals surface area contributed by atoms with Crippen LogP contribution in [-0.2, 0) is 10.0 Å². The molecule has 3 nitrogen and oxygen atoms in total. The summed E-state index contributed by atoms with van der Waals surface area (Å²) in [6.07, 6.45) is 1.97. The molecule has 2 aromatic rings. The van der Waals surface area contributed by atoms with Gasteiger partial charge in [0.2, 0.25) is 0 Å². The van der Waals surface area contributed by atoms with Gasteiger partial charge in [0, 0.05) is 4.90 Å². The highest BCUT2D eigenvalue weighted by molar-refractivity contribution is 8.03. The van der Waals surface area contributed by atoms with Gasteiger partial charge in [0.25, 0.3) is 10.0 Å². The highest BCUT2D eigenvalue weighted by atomic mass is 32.2. The molecule has 0 radical (unpaired) electrons. The van der Waals surface area contributed by atoms with E-state index in [0.29, 0.717) is 4.90 Å². The molecule has 0 saturated carbocycles. The maximum Gasteiger partial charge on any atom is 0.265 e. The van der Waals surface area contributed by atoms with E-state index in [0.717, 1.165) is 21.7 Å². The van der Waals surface area contributed by atoms with Crippen molar-refractivity contribution in [1.29, 1.82) is 0 Å². The van der Waals surface area contributed by atoms with E-state index in [4.69, 9.17) is 0 Å². The first-order chi connectivity index (χ1) is 10.9. The summed E-state index contributed by atoms with van der Waals surface area (Å²) in [5.74, 6) is 0. The molecule has 23 heavy (non-hydrogen) atoms. The number of allylic oxidation sites excluding steroid dienone is 1. The Bertz CT molecular complexity index is 855. The number of benzene rings is 2. The zero-order valence-corrected chi connectivity index (χ0v) is 15.0. The van der Waals surface area contributed by atoms with Crippen LogP contribution in [0.15, 0.2) is 70.0 Å². The molecule has 1 atom stereocenters. The summed E-state index contributed by atoms with van der Waals surface area (Å²) in [7, 11) is -3.60. The third-order valence-corrected chi connectivity index (χ3v) is 7.31. The standard InChI is InChI=1S/C18H19NO2S2/c1-4-14(3)18-19(16-7-5-6-8-17(16)22-18)23(20,21)15-11-9-13(2)10-12-15/h4-12,18H,1-3H3/b14-4+. The van der Waals surface area contributed by atoms with Gasteiger partial charge in [0.1, 0.15) is 5.37 Å². The van der Waals surface area contributed by atoms with Crippen LogP contribution in [0.1, 0.15) is 19.4 Å². The lowest BCUT2D eigenvalue weighted by Gasteiger charge is -2.26. The van der Waals surface area contributed by atoms with Crippen LogP contribution in [0, 0.1) is 6.92 Å². The molecule has 1 aliphatic heterocycles. The third-order valence-electron chi connectivity index (χ3n) is 3.98. The number of nitrogens with zero attached hydrogens (tertiary/aromatic N) is 1.